The van der Waals surface area contributed by atoms with Gasteiger partial charge in [0.15, 0.2) is 0 Å². The predicted octanol–water partition coefficient (Wildman–Crippen LogP) is 3.62. The van der Waals surface area contributed by atoms with E-state index in [1.165, 1.54) is 49.3 Å². The molecule has 0 aliphatic heterocycles. The lowest BCUT2D eigenvalue weighted by atomic mass is 9.93. The largest absolute Gasteiger partial charge is 0.334 e. The van der Waals surface area contributed by atoms with E-state index < -0.39 is 0 Å². The zero-order valence-electron chi connectivity index (χ0n) is 12.0. The van der Waals surface area contributed by atoms with Crippen LogP contribution in [0.3, 0.4) is 0 Å². The summed E-state index contributed by atoms with van der Waals surface area (Å²) in [6.45, 7) is 9.15. The third kappa shape index (κ3) is 2.56. The van der Waals surface area contributed by atoms with Crippen molar-refractivity contribution in [3.63, 3.8) is 0 Å². The summed E-state index contributed by atoms with van der Waals surface area (Å²) in [5.41, 5.74) is 3.01. The normalized spacial score (nSPS) is 21.8. The Kier molecular flexibility index (Phi) is 3.33. The van der Waals surface area contributed by atoms with E-state index in [0.717, 1.165) is 5.92 Å². The van der Waals surface area contributed by atoms with Crippen molar-refractivity contribution >= 4 is 0 Å². The van der Waals surface area contributed by atoms with E-state index in [1.807, 2.05) is 0 Å². The summed E-state index contributed by atoms with van der Waals surface area (Å²) in [5, 5.41) is 0. The second-order valence-corrected chi connectivity index (χ2v) is 6.67. The van der Waals surface area contributed by atoms with E-state index in [4.69, 9.17) is 4.98 Å². The van der Waals surface area contributed by atoms with Crippen LogP contribution in [0, 0.1) is 5.92 Å². The molecule has 1 aromatic heterocycles. The van der Waals surface area contributed by atoms with Crippen LogP contribution < -0.4 is 0 Å². The molecule has 2 nitrogen and oxygen atoms in total. The van der Waals surface area contributed by atoms with Crippen LogP contribution in [0.2, 0.25) is 0 Å². The molecule has 96 valence electrons. The van der Waals surface area contributed by atoms with Gasteiger partial charge in [-0.15, -0.1) is 0 Å². The van der Waals surface area contributed by atoms with Crippen LogP contribution in [0.5, 0.6) is 0 Å². The van der Waals surface area contributed by atoms with Gasteiger partial charge in [0.1, 0.15) is 5.82 Å². The fraction of sp³-hybridized carbons (Fsp3) is 0.800. The Bertz CT molecular complexity index is 396. The monoisotopic (exact) mass is 234 g/mol. The maximum absolute atomic E-state index is 4.91. The number of aromatic nitrogens is 2. The highest BCUT2D eigenvalue weighted by atomic mass is 15.1. The molecule has 2 heteroatoms. The van der Waals surface area contributed by atoms with Gasteiger partial charge in [0.25, 0.3) is 0 Å². The van der Waals surface area contributed by atoms with Crippen molar-refractivity contribution < 1.29 is 0 Å². The van der Waals surface area contributed by atoms with Crippen molar-refractivity contribution in [2.75, 3.05) is 0 Å². The number of imidazole rings is 1. The van der Waals surface area contributed by atoms with Gasteiger partial charge in [-0.3, -0.25) is 0 Å². The molecule has 0 saturated heterocycles. The number of fused-ring (bicyclic) bond motifs is 1. The van der Waals surface area contributed by atoms with E-state index in [2.05, 4.69) is 39.3 Å². The third-order valence-corrected chi connectivity index (χ3v) is 3.95. The van der Waals surface area contributed by atoms with Gasteiger partial charge in [-0.25, -0.2) is 4.98 Å². The molecule has 0 saturated carbocycles. The first kappa shape index (κ1) is 12.7. The highest BCUT2D eigenvalue weighted by Crippen LogP contribution is 2.28. The average Bonchev–Trinajstić information content (AvgIpc) is 2.48. The van der Waals surface area contributed by atoms with Gasteiger partial charge < -0.3 is 4.57 Å². The van der Waals surface area contributed by atoms with Gasteiger partial charge in [0.2, 0.25) is 0 Å². The van der Waals surface area contributed by atoms with Crippen LogP contribution in [-0.4, -0.2) is 9.55 Å². The third-order valence-electron chi connectivity index (χ3n) is 3.95. The maximum atomic E-state index is 4.91. The minimum absolute atomic E-state index is 0.154. The minimum Gasteiger partial charge on any atom is -0.334 e. The fourth-order valence-corrected chi connectivity index (χ4v) is 2.92. The number of aryl methyl sites for hydroxylation is 1. The predicted molar refractivity (Wildman–Crippen MR) is 72.3 cm³/mol. The molecule has 0 amide bonds. The smallest absolute Gasteiger partial charge is 0.114 e. The second-order valence-electron chi connectivity index (χ2n) is 6.67. The Balaban J connectivity index is 2.37. The highest BCUT2D eigenvalue weighted by Gasteiger charge is 2.24. The zero-order valence-corrected chi connectivity index (χ0v) is 12.0. The Labute approximate surface area is 105 Å². The zero-order chi connectivity index (χ0) is 12.6. The molecule has 0 aromatic carbocycles. The van der Waals surface area contributed by atoms with Crippen LogP contribution in [0.25, 0.3) is 0 Å². The van der Waals surface area contributed by atoms with Crippen molar-refractivity contribution in [1.29, 1.82) is 0 Å². The minimum atomic E-state index is 0.154. The van der Waals surface area contributed by atoms with Gasteiger partial charge in [0.05, 0.1) is 5.69 Å². The Morgan fingerprint density at radius 2 is 1.88 bits per heavy atom. The molecule has 2 rings (SSSR count). The van der Waals surface area contributed by atoms with E-state index >= 15 is 0 Å². The molecular weight excluding hydrogens is 208 g/mol. The molecule has 0 radical (unpaired) electrons. The number of hydrogen-bond donors (Lipinski definition) is 0. The van der Waals surface area contributed by atoms with Crippen molar-refractivity contribution in [3.05, 3.63) is 17.2 Å². The molecule has 1 atom stereocenters. The van der Waals surface area contributed by atoms with Crippen molar-refractivity contribution in [2.24, 2.45) is 13.0 Å². The first-order valence-corrected chi connectivity index (χ1v) is 6.94. The van der Waals surface area contributed by atoms with E-state index in [-0.39, 0.29) is 5.41 Å². The molecule has 1 heterocycles. The Morgan fingerprint density at radius 3 is 2.53 bits per heavy atom. The molecule has 0 N–H and O–H groups in total. The van der Waals surface area contributed by atoms with Crippen molar-refractivity contribution in [2.45, 2.75) is 65.2 Å². The first-order valence-electron chi connectivity index (χ1n) is 6.94. The molecule has 0 fully saturated rings. The number of rotatable bonds is 0. The Hall–Kier alpha value is -0.790. The maximum Gasteiger partial charge on any atom is 0.114 e. The van der Waals surface area contributed by atoms with Crippen LogP contribution >= 0.6 is 0 Å². The summed E-state index contributed by atoms with van der Waals surface area (Å²) < 4.78 is 2.35. The van der Waals surface area contributed by atoms with Crippen LogP contribution in [-0.2, 0) is 25.3 Å². The lowest BCUT2D eigenvalue weighted by Crippen LogP contribution is -2.18. The number of hydrogen-bond acceptors (Lipinski definition) is 1. The molecule has 1 aliphatic carbocycles. The molecule has 1 aliphatic rings. The lowest BCUT2D eigenvalue weighted by Gasteiger charge is -2.19. The first-order chi connectivity index (χ1) is 7.89. The molecule has 0 bridgehead atoms. The summed E-state index contributed by atoms with van der Waals surface area (Å²) in [6, 6.07) is 0. The van der Waals surface area contributed by atoms with Crippen molar-refractivity contribution in [3.8, 4) is 0 Å². The van der Waals surface area contributed by atoms with Crippen LogP contribution in [0.1, 0.15) is 64.2 Å². The molecule has 1 aromatic rings. The molecule has 0 spiro atoms. The summed E-state index contributed by atoms with van der Waals surface area (Å²) >= 11 is 0. The average molecular weight is 234 g/mol. The number of nitrogens with zero attached hydrogens (tertiary/aromatic N) is 2. The van der Waals surface area contributed by atoms with Gasteiger partial charge in [-0.05, 0) is 31.6 Å². The van der Waals surface area contributed by atoms with E-state index in [9.17, 15) is 0 Å². The van der Waals surface area contributed by atoms with Gasteiger partial charge in [-0.1, -0.05) is 34.1 Å². The van der Waals surface area contributed by atoms with Crippen LogP contribution in [0.15, 0.2) is 0 Å². The molecular formula is C15H26N2. The summed E-state index contributed by atoms with van der Waals surface area (Å²) in [6.07, 6.45) is 6.35. The highest BCUT2D eigenvalue weighted by molar-refractivity contribution is 5.22. The SMILES string of the molecule is CC1CCCc2nc(C(C)(C)C)n(C)c2CC1. The summed E-state index contributed by atoms with van der Waals surface area (Å²) in [4.78, 5) is 4.91. The van der Waals surface area contributed by atoms with Gasteiger partial charge in [0, 0.05) is 18.2 Å². The second kappa shape index (κ2) is 4.47. The van der Waals surface area contributed by atoms with Gasteiger partial charge >= 0.3 is 0 Å². The van der Waals surface area contributed by atoms with Crippen LogP contribution in [0.4, 0.5) is 0 Å². The molecule has 1 unspecified atom stereocenters. The lowest BCUT2D eigenvalue weighted by molar-refractivity contribution is 0.454. The Morgan fingerprint density at radius 1 is 1.18 bits per heavy atom. The van der Waals surface area contributed by atoms with Gasteiger partial charge in [-0.2, -0.15) is 0 Å². The summed E-state index contributed by atoms with van der Waals surface area (Å²) in [7, 11) is 2.19. The standard InChI is InChI=1S/C15H26N2/c1-11-7-6-8-12-13(10-9-11)17(5)14(16-12)15(2,3)4/h11H,6-10H2,1-5H3. The van der Waals surface area contributed by atoms with Crippen molar-refractivity contribution in [1.82, 2.24) is 9.55 Å². The van der Waals surface area contributed by atoms with E-state index in [0.29, 0.717) is 0 Å². The quantitative estimate of drug-likeness (QED) is 0.670. The fourth-order valence-electron chi connectivity index (χ4n) is 2.92. The topological polar surface area (TPSA) is 17.8 Å². The van der Waals surface area contributed by atoms with E-state index in [1.54, 1.807) is 0 Å². The molecule has 17 heavy (non-hydrogen) atoms. The summed E-state index contributed by atoms with van der Waals surface area (Å²) in [5.74, 6) is 2.12.